The molecule has 0 bridgehead atoms. The number of rotatable bonds is 8. The zero-order valence-electron chi connectivity index (χ0n) is 13.6. The lowest BCUT2D eigenvalue weighted by Crippen LogP contribution is -2.03. The van der Waals surface area contributed by atoms with Gasteiger partial charge in [0.2, 0.25) is 0 Å². The summed E-state index contributed by atoms with van der Waals surface area (Å²) in [4.78, 5) is -0.443. The van der Waals surface area contributed by atoms with Crippen molar-refractivity contribution >= 4 is 10.1 Å². The van der Waals surface area contributed by atoms with Gasteiger partial charge in [-0.3, -0.25) is 4.55 Å². The molecule has 2 aromatic carbocycles. The summed E-state index contributed by atoms with van der Waals surface area (Å²) in [6, 6.07) is 11.3. The average Bonchev–Trinajstić information content (AvgIpc) is 2.54. The topological polar surface area (TPSA) is 83.8 Å². The van der Waals surface area contributed by atoms with Crippen LogP contribution >= 0.6 is 0 Å². The molecule has 0 aromatic heterocycles. The van der Waals surface area contributed by atoms with Gasteiger partial charge in [-0.05, 0) is 36.6 Å². The van der Waals surface area contributed by atoms with E-state index >= 15 is 0 Å². The maximum Gasteiger partial charge on any atom is 0.298 e. The van der Waals surface area contributed by atoms with Gasteiger partial charge in [-0.1, -0.05) is 50.5 Å². The number of para-hydroxylation sites is 1. The fourth-order valence-electron chi connectivity index (χ4n) is 2.45. The minimum atomic E-state index is -4.51. The number of unbranched alkanes of at least 4 members (excludes halogenated alkanes) is 3. The Kier molecular flexibility index (Phi) is 6.23. The molecule has 0 aliphatic rings. The van der Waals surface area contributed by atoms with E-state index in [1.165, 1.54) is 12.1 Å². The lowest BCUT2D eigenvalue weighted by molar-refractivity contribution is 0.392. The highest BCUT2D eigenvalue weighted by Gasteiger charge is 2.23. The van der Waals surface area contributed by atoms with Crippen LogP contribution in [-0.2, 0) is 16.5 Å². The molecule has 2 rings (SSSR count). The molecule has 0 radical (unpaired) electrons. The average molecular weight is 350 g/mol. The zero-order chi connectivity index (χ0) is 17.6. The van der Waals surface area contributed by atoms with E-state index in [4.69, 9.17) is 4.74 Å². The van der Waals surface area contributed by atoms with Crippen molar-refractivity contribution in [3.8, 4) is 17.2 Å². The van der Waals surface area contributed by atoms with Gasteiger partial charge >= 0.3 is 0 Å². The van der Waals surface area contributed by atoms with Crippen molar-refractivity contribution in [2.24, 2.45) is 0 Å². The van der Waals surface area contributed by atoms with E-state index in [1.807, 2.05) is 0 Å². The van der Waals surface area contributed by atoms with E-state index in [-0.39, 0.29) is 11.5 Å². The number of hydrogen-bond acceptors (Lipinski definition) is 4. The van der Waals surface area contributed by atoms with Gasteiger partial charge in [0.25, 0.3) is 10.1 Å². The van der Waals surface area contributed by atoms with E-state index < -0.39 is 15.0 Å². The Morgan fingerprint density at radius 2 is 1.71 bits per heavy atom. The first-order chi connectivity index (χ1) is 11.4. The first kappa shape index (κ1) is 18.3. The lowest BCUT2D eigenvalue weighted by Gasteiger charge is -2.14. The Morgan fingerprint density at radius 3 is 2.33 bits per heavy atom. The monoisotopic (exact) mass is 350 g/mol. The highest BCUT2D eigenvalue weighted by Crippen LogP contribution is 2.40. The molecule has 6 heteroatoms. The van der Waals surface area contributed by atoms with Crippen molar-refractivity contribution in [1.29, 1.82) is 0 Å². The molecule has 0 amide bonds. The third kappa shape index (κ3) is 4.72. The summed E-state index contributed by atoms with van der Waals surface area (Å²) in [7, 11) is -4.51. The van der Waals surface area contributed by atoms with Crippen LogP contribution in [0.1, 0.15) is 38.2 Å². The molecule has 2 aromatic rings. The Balaban J connectivity index is 2.36. The van der Waals surface area contributed by atoms with Crippen LogP contribution in [-0.4, -0.2) is 18.1 Å². The molecular weight excluding hydrogens is 328 g/mol. The van der Waals surface area contributed by atoms with Crippen molar-refractivity contribution < 1.29 is 22.8 Å². The second-order valence-electron chi connectivity index (χ2n) is 5.60. The lowest BCUT2D eigenvalue weighted by atomic mass is 10.0. The fourth-order valence-corrected chi connectivity index (χ4v) is 3.06. The number of phenols is 1. The molecule has 0 atom stereocenters. The van der Waals surface area contributed by atoms with Crippen LogP contribution in [0, 0.1) is 0 Å². The summed E-state index contributed by atoms with van der Waals surface area (Å²) in [6.45, 7) is 2.12. The van der Waals surface area contributed by atoms with Crippen LogP contribution in [0.25, 0.3) is 0 Å². The third-order valence-electron chi connectivity index (χ3n) is 3.72. The molecule has 0 aliphatic heterocycles. The first-order valence-corrected chi connectivity index (χ1v) is 9.42. The molecule has 0 spiro atoms. The standard InChI is InChI=1S/C18H22O5S/c1-2-3-4-6-9-14-12-13-16(24(20,21)22)18(17(14)19)23-15-10-7-5-8-11-15/h5,7-8,10-13,19H,2-4,6,9H2,1H3,(H,20,21,22). The maximum absolute atomic E-state index is 11.6. The number of ether oxygens (including phenoxy) is 1. The van der Waals surface area contributed by atoms with Crippen LogP contribution in [0.4, 0.5) is 0 Å². The minimum Gasteiger partial charge on any atom is -0.504 e. The van der Waals surface area contributed by atoms with Gasteiger partial charge in [-0.25, -0.2) is 0 Å². The first-order valence-electron chi connectivity index (χ1n) is 7.98. The van der Waals surface area contributed by atoms with E-state index in [2.05, 4.69) is 6.92 Å². The summed E-state index contributed by atoms with van der Waals surface area (Å²) in [5.74, 6) is -0.108. The molecule has 2 N–H and O–H groups in total. The predicted octanol–water partition coefficient (Wildman–Crippen LogP) is 4.55. The Morgan fingerprint density at radius 1 is 1.00 bits per heavy atom. The van der Waals surface area contributed by atoms with Gasteiger partial charge in [0.15, 0.2) is 11.5 Å². The molecule has 0 aliphatic carbocycles. The van der Waals surface area contributed by atoms with Crippen LogP contribution in [0.2, 0.25) is 0 Å². The van der Waals surface area contributed by atoms with Crippen molar-refractivity contribution in [3.05, 3.63) is 48.0 Å². The van der Waals surface area contributed by atoms with E-state index in [9.17, 15) is 18.1 Å². The number of phenolic OH excluding ortho intramolecular Hbond substituents is 1. The molecule has 0 heterocycles. The minimum absolute atomic E-state index is 0.239. The number of hydrogen-bond donors (Lipinski definition) is 2. The van der Waals surface area contributed by atoms with E-state index in [1.54, 1.807) is 30.3 Å². The molecule has 5 nitrogen and oxygen atoms in total. The summed E-state index contributed by atoms with van der Waals surface area (Å²) >= 11 is 0. The second-order valence-corrected chi connectivity index (χ2v) is 6.99. The van der Waals surface area contributed by atoms with Gasteiger partial charge in [0, 0.05) is 0 Å². The van der Waals surface area contributed by atoms with Crippen molar-refractivity contribution in [2.75, 3.05) is 0 Å². The number of aromatic hydroxyl groups is 1. The Bertz CT molecular complexity index is 769. The molecule has 130 valence electrons. The van der Waals surface area contributed by atoms with Crippen LogP contribution in [0.5, 0.6) is 17.2 Å². The Hall–Kier alpha value is -2.05. The molecular formula is C18H22O5S. The smallest absolute Gasteiger partial charge is 0.298 e. The summed E-state index contributed by atoms with van der Waals surface area (Å²) < 4.78 is 38.1. The summed E-state index contributed by atoms with van der Waals surface area (Å²) in [5.41, 5.74) is 0.601. The summed E-state index contributed by atoms with van der Waals surface area (Å²) in [6.07, 6.45) is 4.75. The normalized spacial score (nSPS) is 11.4. The van der Waals surface area contributed by atoms with Crippen LogP contribution in [0.15, 0.2) is 47.4 Å². The van der Waals surface area contributed by atoms with Crippen LogP contribution < -0.4 is 4.74 Å². The second kappa shape index (κ2) is 8.17. The molecule has 0 fully saturated rings. The van der Waals surface area contributed by atoms with E-state index in [0.717, 1.165) is 25.7 Å². The van der Waals surface area contributed by atoms with Gasteiger partial charge in [0.1, 0.15) is 10.6 Å². The SMILES string of the molecule is CCCCCCc1ccc(S(=O)(=O)O)c(Oc2ccccc2)c1O. The van der Waals surface area contributed by atoms with Gasteiger partial charge in [-0.15, -0.1) is 0 Å². The molecule has 0 saturated carbocycles. The number of aryl methyl sites for hydroxylation is 1. The molecule has 0 unspecified atom stereocenters. The molecule has 0 saturated heterocycles. The fraction of sp³-hybridized carbons (Fsp3) is 0.333. The van der Waals surface area contributed by atoms with Crippen molar-refractivity contribution in [2.45, 2.75) is 43.9 Å². The predicted molar refractivity (Wildman–Crippen MR) is 92.3 cm³/mol. The van der Waals surface area contributed by atoms with Crippen LogP contribution in [0.3, 0.4) is 0 Å². The van der Waals surface area contributed by atoms with E-state index in [0.29, 0.717) is 17.7 Å². The maximum atomic E-state index is 11.6. The highest BCUT2D eigenvalue weighted by atomic mass is 32.2. The van der Waals surface area contributed by atoms with Gasteiger partial charge < -0.3 is 9.84 Å². The van der Waals surface area contributed by atoms with Gasteiger partial charge in [0.05, 0.1) is 0 Å². The number of benzene rings is 2. The highest BCUT2D eigenvalue weighted by molar-refractivity contribution is 7.86. The molecule has 24 heavy (non-hydrogen) atoms. The van der Waals surface area contributed by atoms with Crippen molar-refractivity contribution in [3.63, 3.8) is 0 Å². The van der Waals surface area contributed by atoms with Crippen molar-refractivity contribution in [1.82, 2.24) is 0 Å². The Labute approximate surface area is 142 Å². The quantitative estimate of drug-likeness (QED) is 0.539. The van der Waals surface area contributed by atoms with Gasteiger partial charge in [-0.2, -0.15) is 8.42 Å². The largest absolute Gasteiger partial charge is 0.504 e. The third-order valence-corrected chi connectivity index (χ3v) is 4.60. The zero-order valence-corrected chi connectivity index (χ0v) is 14.4. The summed E-state index contributed by atoms with van der Waals surface area (Å²) in [5, 5.41) is 10.5.